The van der Waals surface area contributed by atoms with Gasteiger partial charge in [0.25, 0.3) is 0 Å². The van der Waals surface area contributed by atoms with Crippen molar-refractivity contribution in [2.45, 2.75) is 192 Å². The van der Waals surface area contributed by atoms with Gasteiger partial charge >= 0.3 is 57.8 Å². The molecule has 3 saturated heterocycles. The fourth-order valence-corrected chi connectivity index (χ4v) is 18.5. The number of hydrogen-bond donors (Lipinski definition) is 9. The maximum Gasteiger partial charge on any atom is 0.380 e. The van der Waals surface area contributed by atoms with Crippen molar-refractivity contribution in [3.05, 3.63) is 159 Å². The molecule has 0 saturated carbocycles. The van der Waals surface area contributed by atoms with E-state index in [1.807, 2.05) is 0 Å². The lowest BCUT2D eigenvalue weighted by Gasteiger charge is -2.31. The molecule has 3 aromatic carbocycles. The fraction of sp³-hybridized carbons (Fsp3) is 0.542. The number of halogens is 3. The molecule has 114 heavy (non-hydrogen) atoms. The summed E-state index contributed by atoms with van der Waals surface area (Å²) in [7, 11) is -12.3. The lowest BCUT2D eigenvalue weighted by Crippen LogP contribution is -2.58. The number of alkyl halides is 3. The second kappa shape index (κ2) is 39.4. The number of carbonyl (C=O) groups excluding carboxylic acids is 3. The van der Waals surface area contributed by atoms with Crippen LogP contribution in [0.3, 0.4) is 0 Å². The van der Waals surface area contributed by atoms with Crippen molar-refractivity contribution < 1.29 is 112 Å². The van der Waals surface area contributed by atoms with Gasteiger partial charge in [-0.1, -0.05) is 75.4 Å². The van der Waals surface area contributed by atoms with Crippen LogP contribution >= 0.6 is 22.8 Å². The number of para-hydroxylation sites is 3. The van der Waals surface area contributed by atoms with E-state index in [0.29, 0.717) is 0 Å². The van der Waals surface area contributed by atoms with Gasteiger partial charge in [-0.25, -0.2) is 41.3 Å². The Bertz CT molecular complexity index is 4090. The second-order valence-corrected chi connectivity index (χ2v) is 34.7. The van der Waals surface area contributed by atoms with E-state index in [1.54, 1.807) is 133 Å². The number of aliphatic hydroxyl groups excluding tert-OH is 3. The highest BCUT2D eigenvalue weighted by molar-refractivity contribution is 7.55. The number of nitrogens with zero attached hydrogens (tertiary/aromatic N) is 6. The predicted octanol–water partition coefficient (Wildman–Crippen LogP) is 6.05. The van der Waals surface area contributed by atoms with Crippen molar-refractivity contribution in [2.24, 2.45) is 35.0 Å². The molecule has 0 amide bonds. The van der Waals surface area contributed by atoms with Crippen LogP contribution in [0.25, 0.3) is 0 Å². The van der Waals surface area contributed by atoms with Crippen LogP contribution in [0.15, 0.2) is 142 Å². The number of ether oxygens (including phenoxy) is 6. The number of carbonyl (C=O) groups is 3. The number of nitrogens with two attached hydrogens (primary N) is 6. The molecule has 0 radical (unpaired) electrons. The van der Waals surface area contributed by atoms with Crippen LogP contribution in [0.4, 0.5) is 30.6 Å². The standard InChI is InChI=1S/3C24H34FN4O8P/c3*1-14(2)34-21(31)15(3)12-38(33,37-17-8-6-5-7-9-17)36-16(4)19-20(30)24(27,13-25)22(35-19)29-11-10-18(26)28-23(29)32/h3*5-11,14-16,19-20,22,30H,12-13,27H2,1-4H3,(H2,26,28,32)/t15-,16-,19-,20+,22-,24?,38?;15-,16-,19-,20+,22-,24?,38+;15-,16-,19-,20+,22-,24?,38-/m111/s1. The zero-order valence-electron chi connectivity index (χ0n) is 64.8. The van der Waals surface area contributed by atoms with Gasteiger partial charge in [0.15, 0.2) is 18.7 Å². The third-order valence-electron chi connectivity index (χ3n) is 17.9. The van der Waals surface area contributed by atoms with Gasteiger partial charge in [-0.3, -0.25) is 41.7 Å². The van der Waals surface area contributed by atoms with Crippen LogP contribution in [0.1, 0.15) is 102 Å². The SMILES string of the molecule is CC(C)OC(=O)[C@H](C)CP(=O)(Oc1ccccc1)O[C@H](C)[C@H]1O[C@@H](n2ccc(N)nc2=O)C(N)(CF)[C@H]1O.CC(C)OC(=O)[C@H](C)C[P@@](=O)(Oc1ccccc1)O[C@H](C)[C@H]1O[C@@H](n2ccc(N)nc2=O)C(N)(CF)[C@H]1O.CC(C)OC(=O)[C@H](C)C[P@](=O)(Oc1ccccc1)O[C@H](C)[C@H]1O[C@@H](n2ccc(N)nc2=O)C(N)(CF)[C@H]1O. The van der Waals surface area contributed by atoms with Gasteiger partial charge in [0.1, 0.15) is 108 Å². The average molecular weight is 1670 g/mol. The van der Waals surface area contributed by atoms with Crippen molar-refractivity contribution in [1.82, 2.24) is 28.7 Å². The zero-order valence-corrected chi connectivity index (χ0v) is 67.5. The summed E-state index contributed by atoms with van der Waals surface area (Å²) in [4.78, 5) is 85.3. The number of rotatable bonds is 33. The first-order valence-corrected chi connectivity index (χ1v) is 41.3. The minimum absolute atomic E-state index is 0.0648. The molecule has 3 fully saturated rings. The van der Waals surface area contributed by atoms with Crippen LogP contribution < -0.4 is 65.0 Å². The smallest absolute Gasteiger partial charge is 0.380 e. The largest absolute Gasteiger partial charge is 0.463 e. The molecular formula is C72H102F3N12O24P3. The molecule has 0 spiro atoms. The fourth-order valence-electron chi connectivity index (χ4n) is 12.2. The molecule has 0 bridgehead atoms. The highest BCUT2D eigenvalue weighted by atomic mass is 31.2. The van der Waals surface area contributed by atoms with Gasteiger partial charge in [-0.15, -0.1) is 0 Å². The van der Waals surface area contributed by atoms with Gasteiger partial charge in [-0.05, 0) is 117 Å². The minimum atomic E-state index is -4.11. The molecule has 3 aromatic heterocycles. The van der Waals surface area contributed by atoms with E-state index < -0.39 is 186 Å². The summed E-state index contributed by atoms with van der Waals surface area (Å²) in [6, 6.07) is 28.4. The van der Waals surface area contributed by atoms with Crippen LogP contribution in [-0.2, 0) is 70.1 Å². The first-order chi connectivity index (χ1) is 53.4. The van der Waals surface area contributed by atoms with E-state index in [9.17, 15) is 71.0 Å². The number of esters is 3. The molecule has 3 aliphatic heterocycles. The van der Waals surface area contributed by atoms with E-state index in [-0.39, 0.29) is 71.5 Å². The highest BCUT2D eigenvalue weighted by Gasteiger charge is 2.61. The Morgan fingerprint density at radius 1 is 0.421 bits per heavy atom. The van der Waals surface area contributed by atoms with Crippen LogP contribution in [0, 0.1) is 17.8 Å². The molecule has 15 N–H and O–H groups in total. The molecule has 6 heterocycles. The maximum absolute atomic E-state index is 14.2. The topological polar surface area (TPSA) is 535 Å². The van der Waals surface area contributed by atoms with Gasteiger partial charge in [-0.2, -0.15) is 15.0 Å². The van der Waals surface area contributed by atoms with Crippen molar-refractivity contribution in [2.75, 3.05) is 55.7 Å². The Hall–Kier alpha value is -8.49. The predicted molar refractivity (Wildman–Crippen MR) is 409 cm³/mol. The number of hydrogen-bond acceptors (Lipinski definition) is 33. The third-order valence-corrected chi connectivity index (χ3v) is 24.3. The summed E-state index contributed by atoms with van der Waals surface area (Å²) >= 11 is 0. The average Bonchev–Trinajstić information content (AvgIpc) is 1.61. The van der Waals surface area contributed by atoms with Crippen LogP contribution in [-0.4, -0.2) is 190 Å². The lowest BCUT2D eigenvalue weighted by molar-refractivity contribution is -0.152. The van der Waals surface area contributed by atoms with E-state index in [4.69, 9.17) is 90.0 Å². The Morgan fingerprint density at radius 2 is 0.640 bits per heavy atom. The number of nitrogen functional groups attached to an aromatic ring is 3. The summed E-state index contributed by atoms with van der Waals surface area (Å²) in [5, 5.41) is 32.9. The normalized spacial score (nSPS) is 26.5. The molecule has 36 nitrogen and oxygen atoms in total. The molecule has 21 atom stereocenters. The van der Waals surface area contributed by atoms with Crippen molar-refractivity contribution in [3.63, 3.8) is 0 Å². The summed E-state index contributed by atoms with van der Waals surface area (Å²) in [6.07, 6.45) is -15.7. The summed E-state index contributed by atoms with van der Waals surface area (Å²) in [5.41, 5.74) is 26.3. The molecule has 9 rings (SSSR count). The maximum atomic E-state index is 14.2. The quantitative estimate of drug-likeness (QED) is 0.0129. The minimum Gasteiger partial charge on any atom is -0.463 e. The molecule has 6 aromatic rings. The van der Waals surface area contributed by atoms with Gasteiger partial charge in [0, 0.05) is 18.6 Å². The van der Waals surface area contributed by atoms with Gasteiger partial charge in [0.2, 0.25) is 0 Å². The van der Waals surface area contributed by atoms with E-state index in [2.05, 4.69) is 15.0 Å². The first kappa shape index (κ1) is 92.7. The van der Waals surface area contributed by atoms with E-state index >= 15 is 0 Å². The molecule has 4 unspecified atom stereocenters. The summed E-state index contributed by atoms with van der Waals surface area (Å²) in [5.74, 6) is -3.96. The summed E-state index contributed by atoms with van der Waals surface area (Å²) in [6.45, 7) is 15.1. The number of benzene rings is 3. The Kier molecular flexibility index (Phi) is 32.1. The zero-order chi connectivity index (χ0) is 84.8. The molecule has 42 heteroatoms. The van der Waals surface area contributed by atoms with Crippen molar-refractivity contribution in [3.8, 4) is 17.2 Å². The van der Waals surface area contributed by atoms with Crippen LogP contribution in [0.5, 0.6) is 17.2 Å². The first-order valence-electron chi connectivity index (χ1n) is 36.1. The number of aliphatic hydroxyl groups is 3. The van der Waals surface area contributed by atoms with Gasteiger partial charge < -0.3 is 91.7 Å². The summed E-state index contributed by atoms with van der Waals surface area (Å²) < 4.78 is 155. The Balaban J connectivity index is 0.000000237. The molecule has 3 aliphatic rings. The Labute approximate surface area is 655 Å². The van der Waals surface area contributed by atoms with Gasteiger partial charge in [0.05, 0.1) is 72.9 Å². The van der Waals surface area contributed by atoms with Crippen LogP contribution in [0.2, 0.25) is 0 Å². The molecular weight excluding hydrogens is 1570 g/mol. The van der Waals surface area contributed by atoms with E-state index in [1.165, 1.54) is 78.3 Å². The molecule has 0 aliphatic carbocycles. The second-order valence-electron chi connectivity index (χ2n) is 28.7. The van der Waals surface area contributed by atoms with E-state index in [0.717, 1.165) is 13.7 Å². The Morgan fingerprint density at radius 3 is 0.833 bits per heavy atom. The monoisotopic (exact) mass is 1670 g/mol. The third kappa shape index (κ3) is 23.2. The molecule has 630 valence electrons. The van der Waals surface area contributed by atoms with Crippen molar-refractivity contribution in [1.29, 1.82) is 0 Å². The highest BCUT2D eigenvalue weighted by Crippen LogP contribution is 2.56. The number of aromatic nitrogens is 6. The number of anilines is 3. The van der Waals surface area contributed by atoms with Crippen molar-refractivity contribution >= 4 is 58.1 Å². The lowest BCUT2D eigenvalue weighted by atomic mass is 9.91.